The third-order valence-electron chi connectivity index (χ3n) is 5.45. The number of nitrogens with zero attached hydrogens (tertiary/aromatic N) is 3. The first-order valence-corrected chi connectivity index (χ1v) is 11.4. The lowest BCUT2D eigenvalue weighted by atomic mass is 10.0. The van der Waals surface area contributed by atoms with E-state index in [-0.39, 0.29) is 5.56 Å². The largest absolute Gasteiger partial charge is 0.463 e. The number of aliphatic hydroxyl groups excluding tert-OH is 1. The molecule has 1 aliphatic rings. The van der Waals surface area contributed by atoms with Crippen molar-refractivity contribution in [3.05, 3.63) is 71.7 Å². The molecule has 35 heavy (non-hydrogen) atoms. The fourth-order valence-corrected chi connectivity index (χ4v) is 3.72. The summed E-state index contributed by atoms with van der Waals surface area (Å²) in [4.78, 5) is 23.1. The fourth-order valence-electron chi connectivity index (χ4n) is 3.72. The third kappa shape index (κ3) is 6.20. The van der Waals surface area contributed by atoms with E-state index in [0.717, 1.165) is 22.5 Å². The highest BCUT2D eigenvalue weighted by Crippen LogP contribution is 2.31. The van der Waals surface area contributed by atoms with Crippen LogP contribution in [-0.2, 0) is 20.9 Å². The third-order valence-corrected chi connectivity index (χ3v) is 5.45. The van der Waals surface area contributed by atoms with Gasteiger partial charge in [0.05, 0.1) is 26.4 Å². The van der Waals surface area contributed by atoms with Gasteiger partial charge in [-0.25, -0.2) is 14.2 Å². The van der Waals surface area contributed by atoms with Crippen molar-refractivity contribution in [1.29, 1.82) is 0 Å². The first-order valence-electron chi connectivity index (χ1n) is 11.4. The van der Waals surface area contributed by atoms with Crippen molar-refractivity contribution in [2.24, 2.45) is 0 Å². The Labute approximate surface area is 203 Å². The van der Waals surface area contributed by atoms with E-state index in [1.165, 1.54) is 18.2 Å². The summed E-state index contributed by atoms with van der Waals surface area (Å²) < 4.78 is 24.2. The predicted molar refractivity (Wildman–Crippen MR) is 132 cm³/mol. The van der Waals surface area contributed by atoms with Crippen LogP contribution in [0.2, 0.25) is 0 Å². The molecule has 9 heteroatoms. The van der Waals surface area contributed by atoms with Gasteiger partial charge in [-0.15, -0.1) is 0 Å². The van der Waals surface area contributed by atoms with Gasteiger partial charge in [-0.1, -0.05) is 18.2 Å². The van der Waals surface area contributed by atoms with Crippen LogP contribution in [0, 0.1) is 5.82 Å². The Hall–Kier alpha value is -3.82. The smallest absolute Gasteiger partial charge is 0.330 e. The summed E-state index contributed by atoms with van der Waals surface area (Å²) in [5.74, 6) is 0.224. The lowest BCUT2D eigenvalue weighted by Crippen LogP contribution is -2.37. The van der Waals surface area contributed by atoms with Crippen LogP contribution in [0.15, 0.2) is 54.7 Å². The molecule has 1 aliphatic heterocycles. The van der Waals surface area contributed by atoms with Gasteiger partial charge in [-0.3, -0.25) is 0 Å². The van der Waals surface area contributed by atoms with Crippen molar-refractivity contribution >= 4 is 29.5 Å². The molecule has 1 saturated heterocycles. The monoisotopic (exact) mass is 478 g/mol. The summed E-state index contributed by atoms with van der Waals surface area (Å²) >= 11 is 0. The van der Waals surface area contributed by atoms with Crippen LogP contribution in [0.25, 0.3) is 17.2 Å². The molecule has 2 heterocycles. The zero-order chi connectivity index (χ0) is 24.6. The normalized spacial score (nSPS) is 13.7. The van der Waals surface area contributed by atoms with Gasteiger partial charge in [-0.05, 0) is 48.4 Å². The molecular weight excluding hydrogens is 451 g/mol. The average molecular weight is 479 g/mol. The van der Waals surface area contributed by atoms with E-state index in [1.54, 1.807) is 25.3 Å². The number of carbonyl (C=O) groups excluding carboxylic acids is 1. The van der Waals surface area contributed by atoms with Gasteiger partial charge in [0.25, 0.3) is 0 Å². The highest BCUT2D eigenvalue weighted by Gasteiger charge is 2.19. The molecule has 2 aromatic carbocycles. The maximum absolute atomic E-state index is 13.8. The predicted octanol–water partition coefficient (Wildman–Crippen LogP) is 3.93. The molecule has 1 fully saturated rings. The molecule has 0 saturated carbocycles. The second-order valence-electron chi connectivity index (χ2n) is 7.83. The second kappa shape index (κ2) is 11.5. The van der Waals surface area contributed by atoms with E-state index in [0.29, 0.717) is 44.5 Å². The van der Waals surface area contributed by atoms with E-state index >= 15 is 0 Å². The number of anilines is 3. The Balaban J connectivity index is 1.67. The standard InChI is InChI=1S/C26H27FN4O4/c1-2-35-24(33)9-6-18-4-3-5-19(14-18)22-16-28-26(30-25(22)31-10-12-34-13-11-31)29-21-7-8-23(27)20(15-21)17-32/h3-9,14-16,32H,2,10-13,17H2,1H3,(H,28,29,30). The molecule has 8 nitrogen and oxygen atoms in total. The number of morpholine rings is 1. The number of aromatic nitrogens is 2. The number of hydrogen-bond acceptors (Lipinski definition) is 8. The molecule has 2 N–H and O–H groups in total. The summed E-state index contributed by atoms with van der Waals surface area (Å²) in [5, 5.41) is 12.5. The minimum Gasteiger partial charge on any atom is -0.463 e. The molecule has 4 rings (SSSR count). The Morgan fingerprint density at radius 1 is 1.26 bits per heavy atom. The molecule has 0 aliphatic carbocycles. The fraction of sp³-hybridized carbons (Fsp3) is 0.269. The summed E-state index contributed by atoms with van der Waals surface area (Å²) in [6.07, 6.45) is 4.85. The Kier molecular flexibility index (Phi) is 8.02. The van der Waals surface area contributed by atoms with Crippen LogP contribution in [0.3, 0.4) is 0 Å². The van der Waals surface area contributed by atoms with Crippen LogP contribution < -0.4 is 10.2 Å². The van der Waals surface area contributed by atoms with Crippen molar-refractivity contribution in [1.82, 2.24) is 9.97 Å². The van der Waals surface area contributed by atoms with Crippen LogP contribution in [0.1, 0.15) is 18.1 Å². The topological polar surface area (TPSA) is 96.8 Å². The van der Waals surface area contributed by atoms with E-state index in [2.05, 4.69) is 15.2 Å². The molecule has 0 unspecified atom stereocenters. The SMILES string of the molecule is CCOC(=O)C=Cc1cccc(-c2cnc(Nc3ccc(F)c(CO)c3)nc2N2CCOCC2)c1. The van der Waals surface area contributed by atoms with Crippen LogP contribution in [0.4, 0.5) is 21.8 Å². The van der Waals surface area contributed by atoms with Gasteiger partial charge >= 0.3 is 5.97 Å². The minimum absolute atomic E-state index is 0.188. The van der Waals surface area contributed by atoms with Crippen molar-refractivity contribution < 1.29 is 23.8 Å². The van der Waals surface area contributed by atoms with E-state index in [4.69, 9.17) is 14.5 Å². The molecule has 0 amide bonds. The molecule has 0 atom stereocenters. The maximum Gasteiger partial charge on any atom is 0.330 e. The summed E-state index contributed by atoms with van der Waals surface area (Å²) in [7, 11) is 0. The lowest BCUT2D eigenvalue weighted by molar-refractivity contribution is -0.137. The maximum atomic E-state index is 13.8. The van der Waals surface area contributed by atoms with Crippen molar-refractivity contribution in [3.63, 3.8) is 0 Å². The van der Waals surface area contributed by atoms with Gasteiger partial charge in [0, 0.05) is 42.2 Å². The number of hydrogen-bond donors (Lipinski definition) is 2. The van der Waals surface area contributed by atoms with Gasteiger partial charge in [0.15, 0.2) is 0 Å². The second-order valence-corrected chi connectivity index (χ2v) is 7.83. The van der Waals surface area contributed by atoms with E-state index < -0.39 is 18.4 Å². The van der Waals surface area contributed by atoms with Crippen molar-refractivity contribution in [2.75, 3.05) is 43.1 Å². The van der Waals surface area contributed by atoms with Gasteiger partial charge in [0.2, 0.25) is 5.95 Å². The highest BCUT2D eigenvalue weighted by molar-refractivity contribution is 5.87. The van der Waals surface area contributed by atoms with Crippen LogP contribution >= 0.6 is 0 Å². The molecular formula is C26H27FN4O4. The summed E-state index contributed by atoms with van der Waals surface area (Å²) in [6.45, 7) is 4.22. The zero-order valence-electron chi connectivity index (χ0n) is 19.4. The Bertz CT molecular complexity index is 1210. The molecule has 3 aromatic rings. The minimum atomic E-state index is -0.472. The van der Waals surface area contributed by atoms with Crippen molar-refractivity contribution in [3.8, 4) is 11.1 Å². The number of esters is 1. The van der Waals surface area contributed by atoms with Gasteiger partial charge in [-0.2, -0.15) is 4.98 Å². The van der Waals surface area contributed by atoms with Gasteiger partial charge in [0.1, 0.15) is 11.6 Å². The first kappa shape index (κ1) is 24.3. The molecule has 182 valence electrons. The molecule has 0 radical (unpaired) electrons. The van der Waals surface area contributed by atoms with E-state index in [1.807, 2.05) is 24.3 Å². The highest BCUT2D eigenvalue weighted by atomic mass is 19.1. The van der Waals surface area contributed by atoms with Crippen LogP contribution in [-0.4, -0.2) is 54.0 Å². The molecule has 1 aromatic heterocycles. The first-order chi connectivity index (χ1) is 17.1. The number of nitrogens with one attached hydrogen (secondary N) is 1. The lowest BCUT2D eigenvalue weighted by Gasteiger charge is -2.29. The number of benzene rings is 2. The Morgan fingerprint density at radius 3 is 2.86 bits per heavy atom. The van der Waals surface area contributed by atoms with Crippen molar-refractivity contribution in [2.45, 2.75) is 13.5 Å². The summed E-state index contributed by atoms with van der Waals surface area (Å²) in [6, 6.07) is 12.1. The van der Waals surface area contributed by atoms with Gasteiger partial charge < -0.3 is 24.8 Å². The summed E-state index contributed by atoms with van der Waals surface area (Å²) in [5.41, 5.74) is 3.33. The molecule has 0 spiro atoms. The molecule has 0 bridgehead atoms. The average Bonchev–Trinajstić information content (AvgIpc) is 2.89. The van der Waals surface area contributed by atoms with E-state index in [9.17, 15) is 14.3 Å². The quantitative estimate of drug-likeness (QED) is 0.371. The number of ether oxygens (including phenoxy) is 2. The number of halogens is 1. The van der Waals surface area contributed by atoms with Crippen LogP contribution in [0.5, 0.6) is 0 Å². The number of carbonyl (C=O) groups is 1. The number of rotatable bonds is 8. The number of aliphatic hydroxyl groups is 1. The zero-order valence-corrected chi connectivity index (χ0v) is 19.4. The Morgan fingerprint density at radius 2 is 2.09 bits per heavy atom.